The molecule has 0 heterocycles. The standard InChI is InChI=1S/C31H30N2O5S/c1-3-33(26-13-5-4-6-14-26)31(35)29(15-9-10-23-16-19-27(38-2)20-17-23)30(34)32-39(36,37)28-21-18-24-11-7-8-12-25(24)22-28/h4-14,16-22,29H,3,15H2,1-2H3,(H,32,34)/b10-9+. The molecule has 0 radical (unpaired) electrons. The lowest BCUT2D eigenvalue weighted by Gasteiger charge is -2.25. The summed E-state index contributed by atoms with van der Waals surface area (Å²) >= 11 is 0. The Hall–Kier alpha value is -4.43. The molecule has 1 atom stereocenters. The highest BCUT2D eigenvalue weighted by Crippen LogP contribution is 2.22. The van der Waals surface area contributed by atoms with Crippen molar-refractivity contribution >= 4 is 44.4 Å². The highest BCUT2D eigenvalue weighted by Gasteiger charge is 2.33. The first-order chi connectivity index (χ1) is 18.8. The van der Waals surface area contributed by atoms with E-state index in [1.807, 2.05) is 36.4 Å². The fourth-order valence-corrected chi connectivity index (χ4v) is 5.29. The Morgan fingerprint density at radius 2 is 1.56 bits per heavy atom. The number of hydrogen-bond donors (Lipinski definition) is 1. The predicted octanol–water partition coefficient (Wildman–Crippen LogP) is 5.43. The molecule has 200 valence electrons. The number of nitrogens with zero attached hydrogens (tertiary/aromatic N) is 1. The number of nitrogens with one attached hydrogen (secondary N) is 1. The average molecular weight is 543 g/mol. The van der Waals surface area contributed by atoms with Crippen molar-refractivity contribution in [3.8, 4) is 5.75 Å². The van der Waals surface area contributed by atoms with Gasteiger partial charge in [-0.1, -0.05) is 72.8 Å². The fourth-order valence-electron chi connectivity index (χ4n) is 4.23. The van der Waals surface area contributed by atoms with Crippen LogP contribution in [-0.2, 0) is 19.6 Å². The lowest BCUT2D eigenvalue weighted by Crippen LogP contribution is -2.45. The number of hydrogen-bond acceptors (Lipinski definition) is 5. The molecule has 4 aromatic carbocycles. The van der Waals surface area contributed by atoms with E-state index in [0.29, 0.717) is 18.0 Å². The number of rotatable bonds is 10. The van der Waals surface area contributed by atoms with E-state index in [9.17, 15) is 18.0 Å². The summed E-state index contributed by atoms with van der Waals surface area (Å²) in [4.78, 5) is 28.5. The van der Waals surface area contributed by atoms with E-state index in [-0.39, 0.29) is 11.3 Å². The van der Waals surface area contributed by atoms with Gasteiger partial charge in [-0.15, -0.1) is 0 Å². The number of para-hydroxylation sites is 1. The molecule has 7 nitrogen and oxygen atoms in total. The quantitative estimate of drug-likeness (QED) is 0.270. The minimum absolute atomic E-state index is 0.00721. The number of amides is 2. The summed E-state index contributed by atoms with van der Waals surface area (Å²) in [6, 6.07) is 28.3. The normalized spacial score (nSPS) is 12.3. The van der Waals surface area contributed by atoms with Crippen molar-refractivity contribution in [2.45, 2.75) is 18.2 Å². The number of anilines is 1. The van der Waals surface area contributed by atoms with E-state index < -0.39 is 27.8 Å². The van der Waals surface area contributed by atoms with Crippen molar-refractivity contribution in [3.05, 3.63) is 109 Å². The molecule has 0 fully saturated rings. The second-order valence-corrected chi connectivity index (χ2v) is 10.5. The first kappa shape index (κ1) is 27.6. The van der Waals surface area contributed by atoms with E-state index in [4.69, 9.17) is 4.74 Å². The predicted molar refractivity (Wildman–Crippen MR) is 154 cm³/mol. The molecule has 4 rings (SSSR count). The summed E-state index contributed by atoms with van der Waals surface area (Å²) in [7, 11) is -2.64. The molecule has 0 saturated carbocycles. The van der Waals surface area contributed by atoms with Gasteiger partial charge in [-0.25, -0.2) is 13.1 Å². The molecule has 1 unspecified atom stereocenters. The molecule has 0 aliphatic heterocycles. The van der Waals surface area contributed by atoms with Crippen LogP contribution >= 0.6 is 0 Å². The third-order valence-corrected chi connectivity index (χ3v) is 7.67. The molecule has 8 heteroatoms. The largest absolute Gasteiger partial charge is 0.497 e. The van der Waals surface area contributed by atoms with Gasteiger partial charge in [0.05, 0.1) is 12.0 Å². The van der Waals surface area contributed by atoms with Gasteiger partial charge in [-0.05, 0) is 66.1 Å². The lowest BCUT2D eigenvalue weighted by molar-refractivity contribution is -0.132. The van der Waals surface area contributed by atoms with Crippen LogP contribution in [0, 0.1) is 5.92 Å². The maximum atomic E-state index is 13.7. The van der Waals surface area contributed by atoms with Crippen LogP contribution in [-0.4, -0.2) is 33.9 Å². The second-order valence-electron chi connectivity index (χ2n) is 8.86. The van der Waals surface area contributed by atoms with Crippen LogP contribution in [0.4, 0.5) is 5.69 Å². The van der Waals surface area contributed by atoms with Gasteiger partial charge in [0.15, 0.2) is 0 Å². The fraction of sp³-hybridized carbons (Fsp3) is 0.161. The molecule has 0 aliphatic rings. The zero-order chi connectivity index (χ0) is 27.8. The summed E-state index contributed by atoms with van der Waals surface area (Å²) in [5, 5.41) is 1.60. The van der Waals surface area contributed by atoms with Crippen LogP contribution < -0.4 is 14.4 Å². The summed E-state index contributed by atoms with van der Waals surface area (Å²) in [6.45, 7) is 2.12. The van der Waals surface area contributed by atoms with Crippen LogP contribution in [0.15, 0.2) is 108 Å². The van der Waals surface area contributed by atoms with Gasteiger partial charge in [-0.3, -0.25) is 9.59 Å². The van der Waals surface area contributed by atoms with Gasteiger partial charge in [0.1, 0.15) is 11.7 Å². The van der Waals surface area contributed by atoms with Gasteiger partial charge in [0, 0.05) is 12.2 Å². The highest BCUT2D eigenvalue weighted by atomic mass is 32.2. The SMILES string of the molecule is CCN(C(=O)C(C/C=C/c1ccc(OC)cc1)C(=O)NS(=O)(=O)c1ccc2ccccc2c1)c1ccccc1. The Morgan fingerprint density at radius 3 is 2.23 bits per heavy atom. The summed E-state index contributed by atoms with van der Waals surface area (Å²) in [5.74, 6) is -1.94. The molecule has 0 bridgehead atoms. The highest BCUT2D eigenvalue weighted by molar-refractivity contribution is 7.90. The second kappa shape index (κ2) is 12.4. The molecule has 39 heavy (non-hydrogen) atoms. The zero-order valence-corrected chi connectivity index (χ0v) is 22.6. The Morgan fingerprint density at radius 1 is 0.897 bits per heavy atom. The topological polar surface area (TPSA) is 92.8 Å². The number of carbonyl (C=O) groups excluding carboxylic acids is 2. The Balaban J connectivity index is 1.61. The number of benzene rings is 4. The number of sulfonamides is 1. The third kappa shape index (κ3) is 6.72. The van der Waals surface area contributed by atoms with E-state index >= 15 is 0 Å². The van der Waals surface area contributed by atoms with Gasteiger partial charge < -0.3 is 9.64 Å². The monoisotopic (exact) mass is 542 g/mol. The maximum absolute atomic E-state index is 13.7. The summed E-state index contributed by atoms with van der Waals surface area (Å²) in [5.41, 5.74) is 1.47. The third-order valence-electron chi connectivity index (χ3n) is 6.33. The van der Waals surface area contributed by atoms with E-state index in [1.54, 1.807) is 74.7 Å². The Labute approximate surface area is 228 Å². The van der Waals surface area contributed by atoms with E-state index in [1.165, 1.54) is 17.0 Å². The number of carbonyl (C=O) groups is 2. The van der Waals surface area contributed by atoms with Crippen LogP contribution in [0.2, 0.25) is 0 Å². The van der Waals surface area contributed by atoms with Gasteiger partial charge in [0.25, 0.3) is 10.0 Å². The lowest BCUT2D eigenvalue weighted by atomic mass is 10.0. The van der Waals surface area contributed by atoms with Crippen LogP contribution in [0.25, 0.3) is 16.8 Å². The minimum Gasteiger partial charge on any atom is -0.497 e. The van der Waals surface area contributed by atoms with Crippen LogP contribution in [0.5, 0.6) is 5.75 Å². The molecule has 0 aliphatic carbocycles. The first-order valence-corrected chi connectivity index (χ1v) is 14.0. The van der Waals surface area contributed by atoms with Gasteiger partial charge in [-0.2, -0.15) is 0 Å². The smallest absolute Gasteiger partial charge is 0.264 e. The van der Waals surface area contributed by atoms with Gasteiger partial charge >= 0.3 is 0 Å². The Kier molecular flexibility index (Phi) is 8.78. The van der Waals surface area contributed by atoms with E-state index in [0.717, 1.165) is 16.3 Å². The molecule has 0 saturated heterocycles. The van der Waals surface area contributed by atoms with Crippen molar-refractivity contribution < 1.29 is 22.7 Å². The van der Waals surface area contributed by atoms with Crippen molar-refractivity contribution in [1.29, 1.82) is 0 Å². The van der Waals surface area contributed by atoms with Crippen molar-refractivity contribution in [1.82, 2.24) is 4.72 Å². The molecule has 1 N–H and O–H groups in total. The van der Waals surface area contributed by atoms with Crippen LogP contribution in [0.3, 0.4) is 0 Å². The first-order valence-electron chi connectivity index (χ1n) is 12.5. The van der Waals surface area contributed by atoms with Crippen LogP contribution in [0.1, 0.15) is 18.9 Å². The minimum atomic E-state index is -4.22. The molecule has 2 amide bonds. The number of allylic oxidation sites excluding steroid dienone is 1. The number of fused-ring (bicyclic) bond motifs is 1. The number of methoxy groups -OCH3 is 1. The molecule has 0 aromatic heterocycles. The van der Waals surface area contributed by atoms with Gasteiger partial charge in [0.2, 0.25) is 11.8 Å². The molecule has 0 spiro atoms. The summed E-state index contributed by atoms with van der Waals surface area (Å²) < 4.78 is 33.7. The summed E-state index contributed by atoms with van der Waals surface area (Å²) in [6.07, 6.45) is 3.49. The zero-order valence-electron chi connectivity index (χ0n) is 21.8. The van der Waals surface area contributed by atoms with E-state index in [2.05, 4.69) is 4.72 Å². The molecule has 4 aromatic rings. The Bertz CT molecular complexity index is 1580. The number of ether oxygens (including phenoxy) is 1. The average Bonchev–Trinajstić information content (AvgIpc) is 2.96. The molecular formula is C31H30N2O5S. The molecular weight excluding hydrogens is 512 g/mol. The van der Waals surface area contributed by atoms with Crippen molar-refractivity contribution in [2.75, 3.05) is 18.6 Å². The van der Waals surface area contributed by atoms with Crippen molar-refractivity contribution in [2.24, 2.45) is 5.92 Å². The van der Waals surface area contributed by atoms with Crippen molar-refractivity contribution in [3.63, 3.8) is 0 Å². The maximum Gasteiger partial charge on any atom is 0.264 e.